The predicted molar refractivity (Wildman–Crippen MR) is 64.8 cm³/mol. The smallest absolute Gasteiger partial charge is 0.295 e. The number of aryl methyl sites for hydroxylation is 1. The molecular weight excluding hydrogens is 283 g/mol. The van der Waals surface area contributed by atoms with E-state index in [0.717, 1.165) is 4.90 Å². The van der Waals surface area contributed by atoms with Crippen molar-refractivity contribution in [2.24, 2.45) is 0 Å². The summed E-state index contributed by atoms with van der Waals surface area (Å²) in [7, 11) is -4.71. The zero-order chi connectivity index (χ0) is 13.5. The molecule has 0 spiro atoms. The average molecular weight is 293 g/mol. The number of halogens is 2. The van der Waals surface area contributed by atoms with E-state index in [1.165, 1.54) is 6.07 Å². The molecule has 1 aromatic heterocycles. The van der Waals surface area contributed by atoms with Crippen molar-refractivity contribution in [2.75, 3.05) is 11.4 Å². The second kappa shape index (κ2) is 4.47. The SMILES string of the molecule is Cc1nc(N2CC(S(=O)(=O)F)CC2=O)ccc1Cl. The Bertz CT molecular complexity index is 605. The lowest BCUT2D eigenvalue weighted by atomic mass is 10.3. The summed E-state index contributed by atoms with van der Waals surface area (Å²) in [5.41, 5.74) is 0.522. The maximum Gasteiger partial charge on any atom is 0.307 e. The Kier molecular flexibility index (Phi) is 3.29. The number of anilines is 1. The van der Waals surface area contributed by atoms with Crippen molar-refractivity contribution in [1.29, 1.82) is 0 Å². The molecule has 2 heterocycles. The quantitative estimate of drug-likeness (QED) is 0.774. The molecule has 1 fully saturated rings. The van der Waals surface area contributed by atoms with Crippen LogP contribution in [0.25, 0.3) is 0 Å². The van der Waals surface area contributed by atoms with Gasteiger partial charge in [0.25, 0.3) is 0 Å². The highest BCUT2D eigenvalue weighted by Crippen LogP contribution is 2.26. The van der Waals surface area contributed by atoms with Gasteiger partial charge in [0.1, 0.15) is 11.1 Å². The third kappa shape index (κ3) is 2.46. The molecular formula is C10H10ClFN2O3S. The van der Waals surface area contributed by atoms with Gasteiger partial charge in [0.15, 0.2) is 0 Å². The molecule has 0 N–H and O–H groups in total. The molecule has 0 saturated carbocycles. The number of amides is 1. The molecule has 1 atom stereocenters. The molecule has 0 bridgehead atoms. The topological polar surface area (TPSA) is 67.3 Å². The summed E-state index contributed by atoms with van der Waals surface area (Å²) in [6, 6.07) is 3.06. The maximum absolute atomic E-state index is 12.9. The highest BCUT2D eigenvalue weighted by Gasteiger charge is 2.39. The normalized spacial score (nSPS) is 20.5. The number of hydrogen-bond donors (Lipinski definition) is 0. The van der Waals surface area contributed by atoms with Crippen LogP contribution in [0.15, 0.2) is 12.1 Å². The lowest BCUT2D eigenvalue weighted by molar-refractivity contribution is -0.117. The van der Waals surface area contributed by atoms with E-state index in [9.17, 15) is 17.1 Å². The van der Waals surface area contributed by atoms with Gasteiger partial charge in [-0.15, -0.1) is 3.89 Å². The fourth-order valence-electron chi connectivity index (χ4n) is 1.77. The second-order valence-electron chi connectivity index (χ2n) is 4.04. The first-order valence-electron chi connectivity index (χ1n) is 5.16. The molecule has 1 aromatic rings. The highest BCUT2D eigenvalue weighted by molar-refractivity contribution is 7.87. The van der Waals surface area contributed by atoms with E-state index in [1.807, 2.05) is 0 Å². The zero-order valence-corrected chi connectivity index (χ0v) is 11.0. The summed E-state index contributed by atoms with van der Waals surface area (Å²) < 4.78 is 34.4. The number of carbonyl (C=O) groups is 1. The van der Waals surface area contributed by atoms with E-state index < -0.39 is 21.4 Å². The summed E-state index contributed by atoms with van der Waals surface area (Å²) in [6.45, 7) is 1.45. The van der Waals surface area contributed by atoms with E-state index >= 15 is 0 Å². The van der Waals surface area contributed by atoms with Crippen LogP contribution in [0.2, 0.25) is 5.02 Å². The van der Waals surface area contributed by atoms with Crippen LogP contribution in [-0.2, 0) is 15.0 Å². The third-order valence-electron chi connectivity index (χ3n) is 2.77. The van der Waals surface area contributed by atoms with Crippen LogP contribution in [0.4, 0.5) is 9.70 Å². The first-order valence-corrected chi connectivity index (χ1v) is 6.98. The van der Waals surface area contributed by atoms with Crippen LogP contribution < -0.4 is 4.90 Å². The van der Waals surface area contributed by atoms with Crippen molar-refractivity contribution in [1.82, 2.24) is 4.98 Å². The predicted octanol–water partition coefficient (Wildman–Crippen LogP) is 1.45. The Morgan fingerprint density at radius 2 is 2.17 bits per heavy atom. The Balaban J connectivity index is 2.30. The van der Waals surface area contributed by atoms with Crippen LogP contribution in [0.3, 0.4) is 0 Å². The molecule has 5 nitrogen and oxygen atoms in total. The largest absolute Gasteiger partial charge is 0.307 e. The molecule has 1 amide bonds. The lowest BCUT2D eigenvalue weighted by Gasteiger charge is -2.15. The van der Waals surface area contributed by atoms with Gasteiger partial charge in [-0.05, 0) is 19.1 Å². The van der Waals surface area contributed by atoms with E-state index in [2.05, 4.69) is 4.98 Å². The van der Waals surface area contributed by atoms with E-state index in [4.69, 9.17) is 11.6 Å². The molecule has 1 saturated heterocycles. The second-order valence-corrected chi connectivity index (χ2v) is 6.07. The summed E-state index contributed by atoms with van der Waals surface area (Å²) in [5, 5.41) is -0.872. The van der Waals surface area contributed by atoms with Crippen molar-refractivity contribution in [3.63, 3.8) is 0 Å². The fourth-order valence-corrected chi connectivity index (χ4v) is 2.54. The summed E-state index contributed by atoms with van der Waals surface area (Å²) in [4.78, 5) is 16.9. The van der Waals surface area contributed by atoms with E-state index in [1.54, 1.807) is 13.0 Å². The van der Waals surface area contributed by atoms with Crippen molar-refractivity contribution in [3.05, 3.63) is 22.8 Å². The van der Waals surface area contributed by atoms with Gasteiger partial charge in [0.05, 0.1) is 10.7 Å². The van der Waals surface area contributed by atoms with Gasteiger partial charge in [-0.2, -0.15) is 8.42 Å². The lowest BCUT2D eigenvalue weighted by Crippen LogP contribution is -2.27. The minimum atomic E-state index is -4.71. The molecule has 0 radical (unpaired) electrons. The van der Waals surface area contributed by atoms with Crippen LogP contribution in [0.1, 0.15) is 12.1 Å². The van der Waals surface area contributed by atoms with E-state index in [-0.39, 0.29) is 18.8 Å². The summed E-state index contributed by atoms with van der Waals surface area (Å²) in [5.74, 6) is -0.177. The molecule has 1 aliphatic rings. The van der Waals surface area contributed by atoms with Gasteiger partial charge in [0.2, 0.25) is 5.91 Å². The van der Waals surface area contributed by atoms with Crippen LogP contribution in [-0.4, -0.2) is 31.1 Å². The van der Waals surface area contributed by atoms with Crippen molar-refractivity contribution in [2.45, 2.75) is 18.6 Å². The Morgan fingerprint density at radius 1 is 1.50 bits per heavy atom. The first-order chi connectivity index (χ1) is 8.29. The first kappa shape index (κ1) is 13.2. The van der Waals surface area contributed by atoms with Gasteiger partial charge in [-0.3, -0.25) is 9.69 Å². The zero-order valence-electron chi connectivity index (χ0n) is 9.43. The highest BCUT2D eigenvalue weighted by atomic mass is 35.5. The average Bonchev–Trinajstić information content (AvgIpc) is 2.64. The molecule has 1 unspecified atom stereocenters. The number of nitrogens with zero attached hydrogens (tertiary/aromatic N) is 2. The molecule has 98 valence electrons. The summed E-state index contributed by atoms with van der Waals surface area (Å²) >= 11 is 5.80. The Labute approximate surface area is 109 Å². The minimum Gasteiger partial charge on any atom is -0.295 e. The van der Waals surface area contributed by atoms with Crippen molar-refractivity contribution >= 4 is 33.5 Å². The number of rotatable bonds is 2. The number of hydrogen-bond acceptors (Lipinski definition) is 4. The monoisotopic (exact) mass is 292 g/mol. The third-order valence-corrected chi connectivity index (χ3v) is 4.28. The molecule has 0 aromatic carbocycles. The van der Waals surface area contributed by atoms with Gasteiger partial charge in [-0.25, -0.2) is 4.98 Å². The molecule has 2 rings (SSSR count). The molecule has 8 heteroatoms. The standard InChI is InChI=1S/C10H10ClFN2O3S/c1-6-8(11)2-3-9(13-6)14-5-7(4-10(14)15)18(12,16)17/h2-3,7H,4-5H2,1H3. The Hall–Kier alpha value is -1.21. The summed E-state index contributed by atoms with van der Waals surface area (Å²) in [6.07, 6.45) is -0.359. The molecule has 18 heavy (non-hydrogen) atoms. The number of carbonyl (C=O) groups excluding carboxylic acids is 1. The fraction of sp³-hybridized carbons (Fsp3) is 0.400. The molecule has 0 aliphatic carbocycles. The molecule has 1 aliphatic heterocycles. The van der Waals surface area contributed by atoms with Crippen LogP contribution >= 0.6 is 11.6 Å². The van der Waals surface area contributed by atoms with E-state index in [0.29, 0.717) is 10.7 Å². The Morgan fingerprint density at radius 3 is 2.67 bits per heavy atom. The van der Waals surface area contributed by atoms with Crippen molar-refractivity contribution in [3.8, 4) is 0 Å². The maximum atomic E-state index is 12.9. The van der Waals surface area contributed by atoms with Crippen LogP contribution in [0.5, 0.6) is 0 Å². The minimum absolute atomic E-state index is 0.217. The van der Waals surface area contributed by atoms with Gasteiger partial charge < -0.3 is 0 Å². The van der Waals surface area contributed by atoms with Gasteiger partial charge >= 0.3 is 10.2 Å². The van der Waals surface area contributed by atoms with Crippen molar-refractivity contribution < 1.29 is 17.1 Å². The number of pyridine rings is 1. The van der Waals surface area contributed by atoms with Gasteiger partial charge in [0, 0.05) is 13.0 Å². The van der Waals surface area contributed by atoms with Crippen LogP contribution in [0, 0.1) is 6.92 Å². The number of aromatic nitrogens is 1. The van der Waals surface area contributed by atoms with Gasteiger partial charge in [-0.1, -0.05) is 11.6 Å².